The molecule has 1 aromatic rings. The van der Waals surface area contributed by atoms with E-state index < -0.39 is 0 Å². The zero-order valence-electron chi connectivity index (χ0n) is 9.44. The summed E-state index contributed by atoms with van der Waals surface area (Å²) in [5.74, 6) is 1.34. The van der Waals surface area contributed by atoms with Gasteiger partial charge in [0.1, 0.15) is 6.29 Å². The predicted molar refractivity (Wildman–Crippen MR) is 61.9 cm³/mol. The Hall–Kier alpha value is -1.11. The average Bonchev–Trinajstić information content (AvgIpc) is 2.53. The smallest absolute Gasteiger partial charge is 0.127 e. The molecule has 80 valence electrons. The molecule has 0 spiro atoms. The third kappa shape index (κ3) is 1.97. The highest BCUT2D eigenvalue weighted by molar-refractivity contribution is 5.66. The van der Waals surface area contributed by atoms with Crippen LogP contribution in [-0.2, 0) is 11.2 Å². The van der Waals surface area contributed by atoms with Crippen molar-refractivity contribution >= 4 is 6.29 Å². The maximum atomic E-state index is 11.2. The van der Waals surface area contributed by atoms with Crippen LogP contribution in [0.25, 0.3) is 0 Å². The van der Waals surface area contributed by atoms with Crippen LogP contribution in [0.3, 0.4) is 0 Å². The number of carbonyl (C=O) groups is 1. The molecule has 1 nitrogen and oxygen atoms in total. The molecule has 0 saturated heterocycles. The van der Waals surface area contributed by atoms with Gasteiger partial charge in [-0.25, -0.2) is 0 Å². The lowest BCUT2D eigenvalue weighted by molar-refractivity contribution is -0.110. The first-order valence-corrected chi connectivity index (χ1v) is 5.75. The molecule has 15 heavy (non-hydrogen) atoms. The van der Waals surface area contributed by atoms with Gasteiger partial charge in [-0.05, 0) is 35.8 Å². The predicted octanol–water partition coefficient (Wildman–Crippen LogP) is 3.19. The van der Waals surface area contributed by atoms with Crippen molar-refractivity contribution in [2.45, 2.75) is 32.6 Å². The zero-order valence-corrected chi connectivity index (χ0v) is 9.44. The summed E-state index contributed by atoms with van der Waals surface area (Å²) >= 11 is 0. The van der Waals surface area contributed by atoms with Gasteiger partial charge in [0.25, 0.3) is 0 Å². The minimum Gasteiger partial charge on any atom is -0.303 e. The normalized spacial score (nSPS) is 24.2. The van der Waals surface area contributed by atoms with Crippen molar-refractivity contribution in [2.75, 3.05) is 0 Å². The van der Waals surface area contributed by atoms with E-state index in [0.717, 1.165) is 19.1 Å². The van der Waals surface area contributed by atoms with E-state index in [1.165, 1.54) is 11.1 Å². The lowest BCUT2D eigenvalue weighted by Crippen LogP contribution is -2.11. The number of benzene rings is 1. The van der Waals surface area contributed by atoms with Gasteiger partial charge in [-0.2, -0.15) is 0 Å². The van der Waals surface area contributed by atoms with Crippen LogP contribution in [0.2, 0.25) is 0 Å². The quantitative estimate of drug-likeness (QED) is 0.688. The number of aldehydes is 1. The second kappa shape index (κ2) is 4.18. The molecule has 0 aromatic heterocycles. The summed E-state index contributed by atoms with van der Waals surface area (Å²) in [5, 5.41) is 0. The topological polar surface area (TPSA) is 17.1 Å². The molecule has 2 rings (SSSR count). The number of fused-ring (bicyclic) bond motifs is 1. The summed E-state index contributed by atoms with van der Waals surface area (Å²) in [6, 6.07) is 8.37. The molecule has 0 saturated carbocycles. The molecule has 0 fully saturated rings. The summed E-state index contributed by atoms with van der Waals surface area (Å²) in [6.45, 7) is 4.45. The number of hydrogen-bond donors (Lipinski definition) is 0. The third-order valence-electron chi connectivity index (χ3n) is 3.32. The van der Waals surface area contributed by atoms with Crippen molar-refractivity contribution in [2.24, 2.45) is 11.8 Å². The summed E-state index contributed by atoms with van der Waals surface area (Å²) in [5.41, 5.74) is 2.64. The van der Waals surface area contributed by atoms with Crippen molar-refractivity contribution in [3.63, 3.8) is 0 Å². The Morgan fingerprint density at radius 3 is 2.80 bits per heavy atom. The van der Waals surface area contributed by atoms with Crippen LogP contribution in [0.5, 0.6) is 0 Å². The molecule has 0 heterocycles. The SMILES string of the molecule is CC(C)CC1Cc2ccccc2C1C=O. The summed E-state index contributed by atoms with van der Waals surface area (Å²) in [6.07, 6.45) is 3.37. The van der Waals surface area contributed by atoms with Gasteiger partial charge < -0.3 is 4.79 Å². The lowest BCUT2D eigenvalue weighted by Gasteiger charge is -2.16. The van der Waals surface area contributed by atoms with Gasteiger partial charge in [-0.3, -0.25) is 0 Å². The zero-order chi connectivity index (χ0) is 10.8. The maximum absolute atomic E-state index is 11.2. The van der Waals surface area contributed by atoms with Crippen molar-refractivity contribution in [3.8, 4) is 0 Å². The Morgan fingerprint density at radius 2 is 2.13 bits per heavy atom. The lowest BCUT2D eigenvalue weighted by atomic mass is 9.87. The summed E-state index contributed by atoms with van der Waals surface area (Å²) in [4.78, 5) is 11.2. The summed E-state index contributed by atoms with van der Waals surface area (Å²) < 4.78 is 0. The highest BCUT2D eigenvalue weighted by Gasteiger charge is 2.31. The van der Waals surface area contributed by atoms with E-state index >= 15 is 0 Å². The van der Waals surface area contributed by atoms with Crippen molar-refractivity contribution in [1.29, 1.82) is 0 Å². The van der Waals surface area contributed by atoms with Crippen molar-refractivity contribution in [1.82, 2.24) is 0 Å². The van der Waals surface area contributed by atoms with Crippen molar-refractivity contribution in [3.05, 3.63) is 35.4 Å². The largest absolute Gasteiger partial charge is 0.303 e. The van der Waals surface area contributed by atoms with Crippen LogP contribution in [0.15, 0.2) is 24.3 Å². The molecular formula is C14H18O. The van der Waals surface area contributed by atoms with E-state index in [0.29, 0.717) is 11.8 Å². The van der Waals surface area contributed by atoms with Gasteiger partial charge in [0, 0.05) is 5.92 Å². The third-order valence-corrected chi connectivity index (χ3v) is 3.32. The Bertz CT molecular complexity index is 354. The Morgan fingerprint density at radius 1 is 1.40 bits per heavy atom. The average molecular weight is 202 g/mol. The van der Waals surface area contributed by atoms with E-state index in [9.17, 15) is 4.79 Å². The minimum absolute atomic E-state index is 0.142. The fourth-order valence-electron chi connectivity index (χ4n) is 2.73. The molecule has 0 bridgehead atoms. The van der Waals surface area contributed by atoms with Gasteiger partial charge in [0.15, 0.2) is 0 Å². The van der Waals surface area contributed by atoms with Gasteiger partial charge in [-0.15, -0.1) is 0 Å². The van der Waals surface area contributed by atoms with E-state index in [2.05, 4.69) is 32.0 Å². The van der Waals surface area contributed by atoms with Gasteiger partial charge in [0.05, 0.1) is 0 Å². The van der Waals surface area contributed by atoms with Crippen LogP contribution in [-0.4, -0.2) is 6.29 Å². The number of hydrogen-bond acceptors (Lipinski definition) is 1. The highest BCUT2D eigenvalue weighted by Crippen LogP contribution is 2.39. The Labute approximate surface area is 91.5 Å². The maximum Gasteiger partial charge on any atom is 0.127 e. The molecule has 1 aliphatic carbocycles. The van der Waals surface area contributed by atoms with E-state index in [1.54, 1.807) is 0 Å². The minimum atomic E-state index is 0.142. The van der Waals surface area contributed by atoms with Crippen LogP contribution in [0.4, 0.5) is 0 Å². The van der Waals surface area contributed by atoms with Crippen molar-refractivity contribution < 1.29 is 4.79 Å². The van der Waals surface area contributed by atoms with Gasteiger partial charge in [0.2, 0.25) is 0 Å². The first kappa shape index (κ1) is 10.4. The molecule has 1 aromatic carbocycles. The van der Waals surface area contributed by atoms with Crippen LogP contribution < -0.4 is 0 Å². The Kier molecular flexibility index (Phi) is 2.90. The molecule has 0 amide bonds. The van der Waals surface area contributed by atoms with Crippen LogP contribution in [0.1, 0.15) is 37.3 Å². The summed E-state index contributed by atoms with van der Waals surface area (Å²) in [7, 11) is 0. The molecule has 2 atom stereocenters. The highest BCUT2D eigenvalue weighted by atomic mass is 16.1. The first-order chi connectivity index (χ1) is 7.22. The van der Waals surface area contributed by atoms with E-state index in [-0.39, 0.29) is 5.92 Å². The monoisotopic (exact) mass is 202 g/mol. The molecular weight excluding hydrogens is 184 g/mol. The van der Waals surface area contributed by atoms with Crippen LogP contribution >= 0.6 is 0 Å². The molecule has 0 radical (unpaired) electrons. The fourth-order valence-corrected chi connectivity index (χ4v) is 2.73. The standard InChI is InChI=1S/C14H18O/c1-10(2)7-12-8-11-5-3-4-6-13(11)14(12)9-15/h3-6,9-10,12,14H,7-8H2,1-2H3. The van der Waals surface area contributed by atoms with E-state index in [1.807, 2.05) is 6.07 Å². The van der Waals surface area contributed by atoms with Gasteiger partial charge in [-0.1, -0.05) is 38.1 Å². The van der Waals surface area contributed by atoms with Crippen LogP contribution in [0, 0.1) is 11.8 Å². The molecule has 2 unspecified atom stereocenters. The van der Waals surface area contributed by atoms with Gasteiger partial charge >= 0.3 is 0 Å². The Balaban J connectivity index is 2.24. The fraction of sp³-hybridized carbons (Fsp3) is 0.500. The van der Waals surface area contributed by atoms with E-state index in [4.69, 9.17) is 0 Å². The molecule has 0 aliphatic heterocycles. The first-order valence-electron chi connectivity index (χ1n) is 5.75. The molecule has 1 aliphatic rings. The molecule has 1 heteroatoms. The number of rotatable bonds is 3. The molecule has 0 N–H and O–H groups in total. The second-order valence-electron chi connectivity index (χ2n) is 4.95. The number of carbonyl (C=O) groups excluding carboxylic acids is 1. The second-order valence-corrected chi connectivity index (χ2v) is 4.95.